The number of thioether (sulfide) groups is 1. The van der Waals surface area contributed by atoms with Gasteiger partial charge in [0.2, 0.25) is 0 Å². The maximum atomic E-state index is 10.9. The molecule has 5 nitrogen and oxygen atoms in total. The quantitative estimate of drug-likeness (QED) is 0.615. The van der Waals surface area contributed by atoms with Crippen LogP contribution in [-0.2, 0) is 4.79 Å². The fraction of sp³-hybridized carbons (Fsp3) is 0.0952. The molecule has 0 unspecified atom stereocenters. The van der Waals surface area contributed by atoms with Crippen molar-refractivity contribution in [3.05, 3.63) is 66.2 Å². The van der Waals surface area contributed by atoms with Crippen LogP contribution in [0, 0.1) is 11.3 Å². The van der Waals surface area contributed by atoms with Crippen LogP contribution in [0.3, 0.4) is 0 Å². The Morgan fingerprint density at radius 3 is 2.44 bits per heavy atom. The Morgan fingerprint density at radius 1 is 1.15 bits per heavy atom. The Hall–Kier alpha value is -3.30. The van der Waals surface area contributed by atoms with Gasteiger partial charge in [0.25, 0.3) is 0 Å². The molecule has 27 heavy (non-hydrogen) atoms. The first-order valence-corrected chi connectivity index (χ1v) is 9.08. The lowest BCUT2D eigenvalue weighted by Gasteiger charge is -2.13. The monoisotopic (exact) mass is 375 g/mol. The second-order valence-electron chi connectivity index (χ2n) is 5.60. The van der Waals surface area contributed by atoms with Crippen molar-refractivity contribution in [2.75, 3.05) is 12.9 Å². The SMILES string of the molecule is COc1ccc(-c2cc(-c3ccccc3)c(C#N)c(SCC(=O)[O-])n2)cc1. The van der Waals surface area contributed by atoms with Gasteiger partial charge in [0.05, 0.1) is 24.3 Å². The lowest BCUT2D eigenvalue weighted by atomic mass is 9.99. The van der Waals surface area contributed by atoms with Gasteiger partial charge in [-0.05, 0) is 35.9 Å². The van der Waals surface area contributed by atoms with E-state index in [2.05, 4.69) is 11.1 Å². The average molecular weight is 375 g/mol. The minimum atomic E-state index is -1.21. The number of carbonyl (C=O) groups excluding carboxylic acids is 1. The summed E-state index contributed by atoms with van der Waals surface area (Å²) < 4.78 is 5.18. The average Bonchev–Trinajstić information content (AvgIpc) is 2.72. The van der Waals surface area contributed by atoms with Crippen LogP contribution in [0.4, 0.5) is 0 Å². The minimum Gasteiger partial charge on any atom is -0.549 e. The van der Waals surface area contributed by atoms with Crippen molar-refractivity contribution >= 4 is 17.7 Å². The van der Waals surface area contributed by atoms with Gasteiger partial charge >= 0.3 is 0 Å². The zero-order valence-corrected chi connectivity index (χ0v) is 15.3. The van der Waals surface area contributed by atoms with E-state index in [1.165, 1.54) is 0 Å². The third-order valence-corrected chi connectivity index (χ3v) is 4.84. The second kappa shape index (κ2) is 8.39. The predicted molar refractivity (Wildman–Crippen MR) is 102 cm³/mol. The maximum Gasteiger partial charge on any atom is 0.118 e. The van der Waals surface area contributed by atoms with E-state index in [9.17, 15) is 15.2 Å². The number of methoxy groups -OCH3 is 1. The van der Waals surface area contributed by atoms with E-state index < -0.39 is 5.97 Å². The molecule has 1 aromatic heterocycles. The molecule has 0 spiro atoms. The summed E-state index contributed by atoms with van der Waals surface area (Å²) in [5.41, 5.74) is 3.41. The molecule has 0 radical (unpaired) electrons. The van der Waals surface area contributed by atoms with Gasteiger partial charge in [0, 0.05) is 16.9 Å². The number of pyridine rings is 1. The third kappa shape index (κ3) is 4.27. The summed E-state index contributed by atoms with van der Waals surface area (Å²) in [6.45, 7) is 0. The smallest absolute Gasteiger partial charge is 0.118 e. The molecule has 0 aliphatic heterocycles. The molecule has 0 amide bonds. The van der Waals surface area contributed by atoms with Gasteiger partial charge in [-0.3, -0.25) is 0 Å². The maximum absolute atomic E-state index is 10.9. The number of carbonyl (C=O) groups is 1. The summed E-state index contributed by atoms with van der Waals surface area (Å²) in [4.78, 5) is 15.4. The lowest BCUT2D eigenvalue weighted by Crippen LogP contribution is -2.24. The molecule has 134 valence electrons. The number of aliphatic carboxylic acids is 1. The van der Waals surface area contributed by atoms with Crippen molar-refractivity contribution in [3.63, 3.8) is 0 Å². The molecule has 3 aromatic rings. The molecular formula is C21H15N2O3S-. The molecule has 0 aliphatic rings. The zero-order valence-electron chi connectivity index (χ0n) is 14.5. The standard InChI is InChI=1S/C21H16N2O3S/c1-26-16-9-7-15(8-10-16)19-11-17(14-5-3-2-4-6-14)18(12-22)21(23-19)27-13-20(24)25/h2-11H,13H2,1H3,(H,24,25)/p-1. The molecule has 3 rings (SSSR count). The molecule has 6 heteroatoms. The summed E-state index contributed by atoms with van der Waals surface area (Å²) in [5.74, 6) is -0.758. The number of hydrogen-bond acceptors (Lipinski definition) is 6. The van der Waals surface area contributed by atoms with E-state index in [1.807, 2.05) is 60.7 Å². The number of ether oxygens (including phenoxy) is 1. The first-order valence-electron chi connectivity index (χ1n) is 8.10. The highest BCUT2D eigenvalue weighted by atomic mass is 32.2. The van der Waals surface area contributed by atoms with E-state index >= 15 is 0 Å². The summed E-state index contributed by atoms with van der Waals surface area (Å²) >= 11 is 0.985. The molecule has 0 fully saturated rings. The van der Waals surface area contributed by atoms with Crippen LogP contribution in [0.2, 0.25) is 0 Å². The van der Waals surface area contributed by atoms with Crippen LogP contribution in [0.15, 0.2) is 65.7 Å². The lowest BCUT2D eigenvalue weighted by molar-refractivity contribution is -0.301. The molecule has 0 bridgehead atoms. The Morgan fingerprint density at radius 2 is 1.85 bits per heavy atom. The molecule has 0 atom stereocenters. The van der Waals surface area contributed by atoms with Gasteiger partial charge in [-0.2, -0.15) is 5.26 Å². The second-order valence-corrected chi connectivity index (χ2v) is 6.57. The Labute approximate surface area is 161 Å². The van der Waals surface area contributed by atoms with Crippen molar-refractivity contribution in [1.82, 2.24) is 4.98 Å². The molecule has 0 saturated carbocycles. The highest BCUT2D eigenvalue weighted by molar-refractivity contribution is 7.99. The van der Waals surface area contributed by atoms with Crippen molar-refractivity contribution in [2.24, 2.45) is 0 Å². The van der Waals surface area contributed by atoms with Crippen molar-refractivity contribution in [3.8, 4) is 34.2 Å². The van der Waals surface area contributed by atoms with Gasteiger partial charge in [-0.25, -0.2) is 4.98 Å². The summed E-state index contributed by atoms with van der Waals surface area (Å²) in [6.07, 6.45) is 0. The minimum absolute atomic E-state index is 0.276. The molecule has 2 aromatic carbocycles. The van der Waals surface area contributed by atoms with Gasteiger partial charge in [0.1, 0.15) is 16.8 Å². The largest absolute Gasteiger partial charge is 0.549 e. The van der Waals surface area contributed by atoms with E-state index in [0.29, 0.717) is 21.8 Å². The van der Waals surface area contributed by atoms with E-state index in [0.717, 1.165) is 28.6 Å². The van der Waals surface area contributed by atoms with Crippen molar-refractivity contribution in [2.45, 2.75) is 5.03 Å². The molecule has 0 aliphatic carbocycles. The summed E-state index contributed by atoms with van der Waals surface area (Å²) in [5, 5.41) is 20.9. The molecule has 1 heterocycles. The molecule has 0 N–H and O–H groups in total. The van der Waals surface area contributed by atoms with Crippen LogP contribution >= 0.6 is 11.8 Å². The zero-order chi connectivity index (χ0) is 19.2. The first-order chi connectivity index (χ1) is 13.1. The topological polar surface area (TPSA) is 86.0 Å². The fourth-order valence-electron chi connectivity index (χ4n) is 2.62. The van der Waals surface area contributed by atoms with Crippen molar-refractivity contribution in [1.29, 1.82) is 5.26 Å². The molecule has 0 saturated heterocycles. The van der Waals surface area contributed by atoms with E-state index in [4.69, 9.17) is 4.74 Å². The highest BCUT2D eigenvalue weighted by Crippen LogP contribution is 2.34. The summed E-state index contributed by atoms with van der Waals surface area (Å²) in [7, 11) is 1.59. The van der Waals surface area contributed by atoms with Crippen LogP contribution in [0.25, 0.3) is 22.4 Å². The Balaban J connectivity index is 2.17. The Kier molecular flexibility index (Phi) is 5.74. The number of rotatable bonds is 6. The number of carboxylic acids is 1. The van der Waals surface area contributed by atoms with E-state index in [1.54, 1.807) is 7.11 Å². The fourth-order valence-corrected chi connectivity index (χ4v) is 3.33. The number of nitriles is 1. The number of aromatic nitrogens is 1. The van der Waals surface area contributed by atoms with E-state index in [-0.39, 0.29) is 5.75 Å². The normalized spacial score (nSPS) is 10.2. The Bertz CT molecular complexity index is 996. The summed E-state index contributed by atoms with van der Waals surface area (Å²) in [6, 6.07) is 20.9. The van der Waals surface area contributed by atoms with Crippen LogP contribution in [0.5, 0.6) is 5.75 Å². The first kappa shape index (κ1) is 18.5. The third-order valence-electron chi connectivity index (χ3n) is 3.90. The predicted octanol–water partition coefficient (Wildman–Crippen LogP) is 3.14. The van der Waals surface area contributed by atoms with Crippen molar-refractivity contribution < 1.29 is 14.6 Å². The van der Waals surface area contributed by atoms with Crippen LogP contribution in [-0.4, -0.2) is 23.8 Å². The molecular weight excluding hydrogens is 360 g/mol. The van der Waals surface area contributed by atoms with Crippen LogP contribution < -0.4 is 9.84 Å². The number of nitrogens with zero attached hydrogens (tertiary/aromatic N) is 2. The van der Waals surface area contributed by atoms with Crippen LogP contribution in [0.1, 0.15) is 5.56 Å². The van der Waals surface area contributed by atoms with Gasteiger partial charge in [-0.1, -0.05) is 42.1 Å². The number of hydrogen-bond donors (Lipinski definition) is 0. The van der Waals surface area contributed by atoms with Gasteiger partial charge in [-0.15, -0.1) is 0 Å². The highest BCUT2D eigenvalue weighted by Gasteiger charge is 2.16. The van der Waals surface area contributed by atoms with Gasteiger partial charge in [0.15, 0.2) is 0 Å². The number of carboxylic acid groups (broad SMARTS) is 1. The van der Waals surface area contributed by atoms with Gasteiger partial charge < -0.3 is 14.6 Å². The number of benzene rings is 2.